The van der Waals surface area contributed by atoms with E-state index in [1.165, 1.54) is 6.42 Å². The number of hydrogen-bond acceptors (Lipinski definition) is 3. The zero-order valence-electron chi connectivity index (χ0n) is 14.0. The minimum atomic E-state index is -0.304. The second kappa shape index (κ2) is 11.2. The molecule has 3 atom stereocenters. The molecule has 0 saturated heterocycles. The third-order valence-electron chi connectivity index (χ3n) is 4.31. The molecule has 0 aromatic heterocycles. The van der Waals surface area contributed by atoms with Crippen molar-refractivity contribution < 1.29 is 9.53 Å². The number of azide groups is 1. The van der Waals surface area contributed by atoms with Gasteiger partial charge in [-0.3, -0.25) is 0 Å². The third-order valence-corrected chi connectivity index (χ3v) is 4.31. The number of ether oxygens (including phenoxy) is 1. The van der Waals surface area contributed by atoms with Crippen LogP contribution in [0.15, 0.2) is 5.11 Å². The van der Waals surface area contributed by atoms with Gasteiger partial charge in [-0.2, -0.15) is 0 Å². The van der Waals surface area contributed by atoms with E-state index in [0.717, 1.165) is 51.4 Å². The predicted molar refractivity (Wildman–Crippen MR) is 87.6 cm³/mol. The lowest BCUT2D eigenvalue weighted by Crippen LogP contribution is -2.33. The van der Waals surface area contributed by atoms with Crippen molar-refractivity contribution in [2.45, 2.75) is 83.7 Å². The van der Waals surface area contributed by atoms with Gasteiger partial charge < -0.3 is 10.1 Å². The van der Waals surface area contributed by atoms with E-state index in [1.54, 1.807) is 0 Å². The van der Waals surface area contributed by atoms with Crippen molar-refractivity contribution in [2.24, 2.45) is 11.0 Å². The van der Waals surface area contributed by atoms with Gasteiger partial charge in [0, 0.05) is 17.0 Å². The van der Waals surface area contributed by atoms with Crippen molar-refractivity contribution in [3.63, 3.8) is 0 Å². The summed E-state index contributed by atoms with van der Waals surface area (Å²) in [5.74, 6) is 0.660. The molecule has 1 saturated carbocycles. The Labute approximate surface area is 133 Å². The smallest absolute Gasteiger partial charge is 0.407 e. The van der Waals surface area contributed by atoms with E-state index in [0.29, 0.717) is 12.5 Å². The highest BCUT2D eigenvalue weighted by Gasteiger charge is 2.21. The molecule has 22 heavy (non-hydrogen) atoms. The Morgan fingerprint density at radius 2 is 2.27 bits per heavy atom. The van der Waals surface area contributed by atoms with Crippen LogP contribution < -0.4 is 5.32 Å². The summed E-state index contributed by atoms with van der Waals surface area (Å²) in [6, 6.07) is 0.332. The van der Waals surface area contributed by atoms with Gasteiger partial charge in [-0.1, -0.05) is 44.1 Å². The average molecular weight is 310 g/mol. The van der Waals surface area contributed by atoms with Gasteiger partial charge in [0.2, 0.25) is 0 Å². The minimum absolute atomic E-state index is 0.144. The Morgan fingerprint density at radius 1 is 1.45 bits per heavy atom. The van der Waals surface area contributed by atoms with Crippen molar-refractivity contribution in [2.75, 3.05) is 6.61 Å². The van der Waals surface area contributed by atoms with Crippen molar-refractivity contribution in [1.82, 2.24) is 5.32 Å². The van der Waals surface area contributed by atoms with Crippen molar-refractivity contribution in [1.29, 1.82) is 0 Å². The fourth-order valence-electron chi connectivity index (χ4n) is 3.04. The molecule has 1 rings (SSSR count). The average Bonchev–Trinajstić information content (AvgIpc) is 2.48. The van der Waals surface area contributed by atoms with Crippen LogP contribution in [0, 0.1) is 5.92 Å². The van der Waals surface area contributed by atoms with Crippen LogP contribution in [0.1, 0.15) is 71.6 Å². The number of nitrogens with one attached hydrogen (secondary N) is 1. The number of rotatable bonds is 9. The lowest BCUT2D eigenvalue weighted by molar-refractivity contribution is 0.140. The first-order chi connectivity index (χ1) is 10.7. The molecule has 1 aliphatic rings. The van der Waals surface area contributed by atoms with Crippen LogP contribution in [0.25, 0.3) is 10.4 Å². The van der Waals surface area contributed by atoms with Gasteiger partial charge in [-0.15, -0.1) is 0 Å². The van der Waals surface area contributed by atoms with E-state index < -0.39 is 0 Å². The molecule has 0 bridgehead atoms. The van der Waals surface area contributed by atoms with E-state index >= 15 is 0 Å². The first-order valence-corrected chi connectivity index (χ1v) is 8.63. The summed E-state index contributed by atoms with van der Waals surface area (Å²) in [7, 11) is 0. The normalized spacial score (nSPS) is 22.5. The minimum Gasteiger partial charge on any atom is -0.450 e. The molecule has 1 aliphatic carbocycles. The maximum absolute atomic E-state index is 11.5. The lowest BCUT2D eigenvalue weighted by atomic mass is 9.83. The summed E-state index contributed by atoms with van der Waals surface area (Å²) in [5, 5.41) is 6.74. The van der Waals surface area contributed by atoms with Crippen LogP contribution in [0.2, 0.25) is 0 Å². The quantitative estimate of drug-likeness (QED) is 0.283. The Hall–Kier alpha value is -1.42. The van der Waals surface area contributed by atoms with Crippen LogP contribution >= 0.6 is 0 Å². The van der Waals surface area contributed by atoms with Crippen molar-refractivity contribution >= 4 is 6.09 Å². The van der Waals surface area contributed by atoms with Gasteiger partial charge >= 0.3 is 6.09 Å². The number of hydrogen-bond donors (Lipinski definition) is 1. The first kappa shape index (κ1) is 18.6. The molecule has 1 amide bonds. The van der Waals surface area contributed by atoms with E-state index in [-0.39, 0.29) is 18.2 Å². The summed E-state index contributed by atoms with van der Waals surface area (Å²) >= 11 is 0. The molecular formula is C16H30N4O2. The molecule has 0 aromatic carbocycles. The Morgan fingerprint density at radius 3 is 3.00 bits per heavy atom. The number of carbonyl (C=O) groups excluding carboxylic acids is 1. The van der Waals surface area contributed by atoms with Crippen LogP contribution in [0.3, 0.4) is 0 Å². The molecular weight excluding hydrogens is 280 g/mol. The molecule has 0 aliphatic heterocycles. The van der Waals surface area contributed by atoms with E-state index in [1.807, 2.05) is 6.92 Å². The zero-order chi connectivity index (χ0) is 16.2. The Balaban J connectivity index is 2.12. The maximum atomic E-state index is 11.5. The van der Waals surface area contributed by atoms with E-state index in [4.69, 9.17) is 10.3 Å². The molecule has 126 valence electrons. The number of nitrogens with zero attached hydrogens (tertiary/aromatic N) is 3. The molecule has 1 N–H and O–H groups in total. The SMILES string of the molecule is CCCCOC(=O)NC(C)CCCC1CCC[C@@H](N=[N+]=[N-])C1. The van der Waals surface area contributed by atoms with E-state index in [9.17, 15) is 4.79 Å². The molecule has 2 unspecified atom stereocenters. The number of unbranched alkanes of at least 4 members (excludes halogenated alkanes) is 1. The largest absolute Gasteiger partial charge is 0.450 e. The number of alkyl carbamates (subject to hydrolysis) is 1. The standard InChI is InChI=1S/C16H30N4O2/c1-3-4-11-22-16(21)18-13(2)7-5-8-14-9-6-10-15(12-14)19-20-17/h13-15H,3-12H2,1-2H3,(H,18,21)/t13?,14?,15-/m1/s1. The van der Waals surface area contributed by atoms with Crippen molar-refractivity contribution in [3.8, 4) is 0 Å². The molecule has 1 fully saturated rings. The highest BCUT2D eigenvalue weighted by molar-refractivity contribution is 5.67. The fourth-order valence-corrected chi connectivity index (χ4v) is 3.04. The Bertz CT molecular complexity index is 369. The van der Waals surface area contributed by atoms with Crippen LogP contribution in [-0.2, 0) is 4.74 Å². The monoisotopic (exact) mass is 310 g/mol. The van der Waals surface area contributed by atoms with Crippen molar-refractivity contribution in [3.05, 3.63) is 10.4 Å². The van der Waals surface area contributed by atoms with Gasteiger partial charge in [0.05, 0.1) is 6.61 Å². The van der Waals surface area contributed by atoms with E-state index in [2.05, 4.69) is 22.3 Å². The number of amides is 1. The molecule has 0 radical (unpaired) electrons. The molecule has 6 nitrogen and oxygen atoms in total. The highest BCUT2D eigenvalue weighted by Crippen LogP contribution is 2.30. The second-order valence-corrected chi connectivity index (χ2v) is 6.36. The van der Waals surface area contributed by atoms with Crippen LogP contribution in [0.4, 0.5) is 4.79 Å². The predicted octanol–water partition coefficient (Wildman–Crippen LogP) is 4.94. The van der Waals surface area contributed by atoms with Gasteiger partial charge in [0.1, 0.15) is 0 Å². The third kappa shape index (κ3) is 8.13. The second-order valence-electron chi connectivity index (χ2n) is 6.36. The summed E-state index contributed by atoms with van der Waals surface area (Å²) in [6.45, 7) is 4.59. The van der Waals surface area contributed by atoms with Gasteiger partial charge in [-0.05, 0) is 44.1 Å². The fraction of sp³-hybridized carbons (Fsp3) is 0.938. The molecule has 0 heterocycles. The summed E-state index contributed by atoms with van der Waals surface area (Å²) in [4.78, 5) is 14.5. The van der Waals surface area contributed by atoms with Gasteiger partial charge in [0.25, 0.3) is 0 Å². The summed E-state index contributed by atoms with van der Waals surface area (Å²) in [6.07, 6.45) is 9.28. The van der Waals surface area contributed by atoms with Gasteiger partial charge in [0.15, 0.2) is 0 Å². The van der Waals surface area contributed by atoms with Gasteiger partial charge in [-0.25, -0.2) is 4.79 Å². The maximum Gasteiger partial charge on any atom is 0.407 e. The molecule has 0 spiro atoms. The first-order valence-electron chi connectivity index (χ1n) is 8.63. The van der Waals surface area contributed by atoms with Crippen LogP contribution in [0.5, 0.6) is 0 Å². The topological polar surface area (TPSA) is 87.1 Å². The Kier molecular flexibility index (Phi) is 9.47. The summed E-state index contributed by atoms with van der Waals surface area (Å²) < 4.78 is 5.09. The molecule has 6 heteroatoms. The molecule has 0 aromatic rings. The van der Waals surface area contributed by atoms with Crippen LogP contribution in [-0.4, -0.2) is 24.8 Å². The zero-order valence-corrected chi connectivity index (χ0v) is 14.0. The lowest BCUT2D eigenvalue weighted by Gasteiger charge is -2.26. The summed E-state index contributed by atoms with van der Waals surface area (Å²) in [5.41, 5.74) is 8.52. The highest BCUT2D eigenvalue weighted by atomic mass is 16.5. The number of carbonyl (C=O) groups is 1.